The Hall–Kier alpha value is -2.30. The maximum absolute atomic E-state index is 12.6. The standard InChI is InChI=1S/C22H27F3N4O.HI/c1-3-26-20(30)18-7-5-6-17(14-18)15-29-21(27-4-2)28-13-12-16-8-10-19(11-9-16)22(23,24)25;/h5-11,14H,3-4,12-13,15H2,1-2H3,(H,26,30)(H2,27,28,29);1H. The van der Waals surface area contributed by atoms with Crippen molar-refractivity contribution >= 4 is 35.8 Å². The summed E-state index contributed by atoms with van der Waals surface area (Å²) in [5.74, 6) is 0.484. The number of benzene rings is 2. The second kappa shape index (κ2) is 13.2. The summed E-state index contributed by atoms with van der Waals surface area (Å²) in [5, 5.41) is 9.08. The lowest BCUT2D eigenvalue weighted by molar-refractivity contribution is -0.137. The monoisotopic (exact) mass is 548 g/mol. The number of nitrogens with one attached hydrogen (secondary N) is 3. The molecule has 0 atom stereocenters. The molecule has 1 amide bonds. The van der Waals surface area contributed by atoms with Crippen LogP contribution in [0.2, 0.25) is 0 Å². The SMILES string of the molecule is CCNC(=O)c1cccc(CN=C(NCC)NCCc2ccc(C(F)(F)F)cc2)c1.I. The van der Waals surface area contributed by atoms with Crippen LogP contribution < -0.4 is 16.0 Å². The average Bonchev–Trinajstić information content (AvgIpc) is 2.72. The molecule has 0 fully saturated rings. The molecule has 170 valence electrons. The first-order valence-electron chi connectivity index (χ1n) is 9.89. The highest BCUT2D eigenvalue weighted by Gasteiger charge is 2.29. The lowest BCUT2D eigenvalue weighted by Crippen LogP contribution is -2.38. The number of carbonyl (C=O) groups excluding carboxylic acids is 1. The normalized spacial score (nSPS) is 11.5. The Kier molecular flexibility index (Phi) is 11.4. The molecule has 0 spiro atoms. The maximum atomic E-state index is 12.6. The third-order valence-electron chi connectivity index (χ3n) is 4.28. The Labute approximate surface area is 197 Å². The molecular formula is C22H28F3IN4O. The third-order valence-corrected chi connectivity index (χ3v) is 4.28. The summed E-state index contributed by atoms with van der Waals surface area (Å²) in [4.78, 5) is 16.5. The van der Waals surface area contributed by atoms with Gasteiger partial charge in [-0.05, 0) is 55.7 Å². The molecule has 0 heterocycles. The number of nitrogens with zero attached hydrogens (tertiary/aromatic N) is 1. The van der Waals surface area contributed by atoms with Crippen molar-refractivity contribution in [2.24, 2.45) is 4.99 Å². The van der Waals surface area contributed by atoms with E-state index in [9.17, 15) is 18.0 Å². The molecule has 0 bridgehead atoms. The first kappa shape index (κ1) is 26.7. The third kappa shape index (κ3) is 9.16. The molecule has 0 aliphatic carbocycles. The highest BCUT2D eigenvalue weighted by molar-refractivity contribution is 14.0. The minimum absolute atomic E-state index is 0. The fraction of sp³-hybridized carbons (Fsp3) is 0.364. The van der Waals surface area contributed by atoms with Crippen molar-refractivity contribution in [1.29, 1.82) is 0 Å². The van der Waals surface area contributed by atoms with E-state index in [2.05, 4.69) is 20.9 Å². The molecule has 2 rings (SSSR count). The van der Waals surface area contributed by atoms with Crippen LogP contribution in [0.1, 0.15) is 40.9 Å². The van der Waals surface area contributed by atoms with Gasteiger partial charge in [0, 0.05) is 25.2 Å². The van der Waals surface area contributed by atoms with E-state index in [1.807, 2.05) is 26.0 Å². The Morgan fingerprint density at radius 2 is 1.61 bits per heavy atom. The van der Waals surface area contributed by atoms with Gasteiger partial charge in [-0.25, -0.2) is 4.99 Å². The van der Waals surface area contributed by atoms with E-state index < -0.39 is 11.7 Å². The Morgan fingerprint density at radius 3 is 2.23 bits per heavy atom. The van der Waals surface area contributed by atoms with Crippen molar-refractivity contribution in [3.63, 3.8) is 0 Å². The number of alkyl halides is 3. The lowest BCUT2D eigenvalue weighted by atomic mass is 10.1. The smallest absolute Gasteiger partial charge is 0.357 e. The van der Waals surface area contributed by atoms with Gasteiger partial charge in [0.05, 0.1) is 12.1 Å². The first-order valence-corrected chi connectivity index (χ1v) is 9.89. The van der Waals surface area contributed by atoms with Crippen LogP contribution in [0.15, 0.2) is 53.5 Å². The second-order valence-corrected chi connectivity index (χ2v) is 6.63. The van der Waals surface area contributed by atoms with Gasteiger partial charge in [0.25, 0.3) is 5.91 Å². The van der Waals surface area contributed by atoms with Gasteiger partial charge in [-0.3, -0.25) is 4.79 Å². The molecule has 0 aliphatic heterocycles. The molecule has 0 radical (unpaired) electrons. The molecule has 3 N–H and O–H groups in total. The van der Waals surface area contributed by atoms with Crippen LogP contribution in [-0.4, -0.2) is 31.5 Å². The molecular weight excluding hydrogens is 520 g/mol. The molecule has 0 unspecified atom stereocenters. The number of rotatable bonds is 8. The number of carbonyl (C=O) groups is 1. The van der Waals surface area contributed by atoms with Crippen molar-refractivity contribution in [1.82, 2.24) is 16.0 Å². The van der Waals surface area contributed by atoms with Crippen LogP contribution in [0.5, 0.6) is 0 Å². The summed E-state index contributed by atoms with van der Waals surface area (Å²) in [6.07, 6.45) is -3.76. The molecule has 0 saturated heterocycles. The average molecular weight is 548 g/mol. The highest BCUT2D eigenvalue weighted by atomic mass is 127. The number of hydrogen-bond donors (Lipinski definition) is 3. The van der Waals surface area contributed by atoms with E-state index in [1.165, 1.54) is 12.1 Å². The van der Waals surface area contributed by atoms with Crippen molar-refractivity contribution in [2.45, 2.75) is 33.0 Å². The zero-order valence-corrected chi connectivity index (χ0v) is 19.9. The van der Waals surface area contributed by atoms with Crippen LogP contribution in [0.25, 0.3) is 0 Å². The molecule has 0 aromatic heterocycles. The predicted molar refractivity (Wildman–Crippen MR) is 128 cm³/mol. The second-order valence-electron chi connectivity index (χ2n) is 6.63. The van der Waals surface area contributed by atoms with E-state index in [0.717, 1.165) is 23.3 Å². The van der Waals surface area contributed by atoms with Crippen molar-refractivity contribution in [3.8, 4) is 0 Å². The van der Waals surface area contributed by atoms with Crippen LogP contribution >= 0.6 is 24.0 Å². The first-order chi connectivity index (χ1) is 14.3. The molecule has 31 heavy (non-hydrogen) atoms. The molecule has 2 aromatic carbocycles. The summed E-state index contributed by atoms with van der Waals surface area (Å²) in [6.45, 7) is 5.96. The molecule has 2 aromatic rings. The highest BCUT2D eigenvalue weighted by Crippen LogP contribution is 2.29. The Bertz CT molecular complexity index is 855. The van der Waals surface area contributed by atoms with Gasteiger partial charge in [0.1, 0.15) is 0 Å². The van der Waals surface area contributed by atoms with Crippen molar-refractivity contribution < 1.29 is 18.0 Å². The minimum atomic E-state index is -4.32. The van der Waals surface area contributed by atoms with Gasteiger partial charge in [-0.1, -0.05) is 24.3 Å². The van der Waals surface area contributed by atoms with Crippen LogP contribution in [-0.2, 0) is 19.1 Å². The van der Waals surface area contributed by atoms with Crippen molar-refractivity contribution in [3.05, 3.63) is 70.8 Å². The minimum Gasteiger partial charge on any atom is -0.357 e. The van der Waals surface area contributed by atoms with Crippen LogP contribution in [0, 0.1) is 0 Å². The van der Waals surface area contributed by atoms with E-state index >= 15 is 0 Å². The number of aliphatic imine (C=N–C) groups is 1. The number of guanidine groups is 1. The van der Waals surface area contributed by atoms with Gasteiger partial charge >= 0.3 is 6.18 Å². The van der Waals surface area contributed by atoms with E-state index in [-0.39, 0.29) is 29.9 Å². The molecule has 0 saturated carbocycles. The Balaban J connectivity index is 0.00000480. The van der Waals surface area contributed by atoms with Crippen LogP contribution in [0.4, 0.5) is 13.2 Å². The van der Waals surface area contributed by atoms with Crippen LogP contribution in [0.3, 0.4) is 0 Å². The van der Waals surface area contributed by atoms with Crippen molar-refractivity contribution in [2.75, 3.05) is 19.6 Å². The van der Waals surface area contributed by atoms with Gasteiger partial charge in [-0.2, -0.15) is 13.2 Å². The molecule has 9 heteroatoms. The molecule has 5 nitrogen and oxygen atoms in total. The summed E-state index contributed by atoms with van der Waals surface area (Å²) >= 11 is 0. The fourth-order valence-corrected chi connectivity index (χ4v) is 2.77. The number of halogens is 4. The van der Waals surface area contributed by atoms with E-state index in [1.54, 1.807) is 12.1 Å². The zero-order chi connectivity index (χ0) is 22.0. The quantitative estimate of drug-likeness (QED) is 0.261. The Morgan fingerprint density at radius 1 is 0.935 bits per heavy atom. The predicted octanol–water partition coefficient (Wildman–Crippen LogP) is 4.37. The lowest BCUT2D eigenvalue weighted by Gasteiger charge is -2.12. The summed E-state index contributed by atoms with van der Waals surface area (Å²) in [7, 11) is 0. The largest absolute Gasteiger partial charge is 0.416 e. The van der Waals surface area contributed by atoms with E-state index in [4.69, 9.17) is 0 Å². The summed E-state index contributed by atoms with van der Waals surface area (Å²) in [6, 6.07) is 12.4. The number of amides is 1. The fourth-order valence-electron chi connectivity index (χ4n) is 2.77. The summed E-state index contributed by atoms with van der Waals surface area (Å²) in [5.41, 5.74) is 1.65. The van der Waals surface area contributed by atoms with Gasteiger partial charge in [0.2, 0.25) is 0 Å². The van der Waals surface area contributed by atoms with Gasteiger partial charge < -0.3 is 16.0 Å². The maximum Gasteiger partial charge on any atom is 0.416 e. The topological polar surface area (TPSA) is 65.5 Å². The number of hydrogen-bond acceptors (Lipinski definition) is 2. The zero-order valence-electron chi connectivity index (χ0n) is 17.6. The van der Waals surface area contributed by atoms with Gasteiger partial charge in [-0.15, -0.1) is 24.0 Å². The van der Waals surface area contributed by atoms with Gasteiger partial charge in [0.15, 0.2) is 5.96 Å². The van der Waals surface area contributed by atoms with E-state index in [0.29, 0.717) is 44.1 Å². The molecule has 0 aliphatic rings. The summed E-state index contributed by atoms with van der Waals surface area (Å²) < 4.78 is 37.9.